The van der Waals surface area contributed by atoms with Crippen LogP contribution in [0.2, 0.25) is 0 Å². The fourth-order valence-corrected chi connectivity index (χ4v) is 5.13. The number of carboxylic acids is 1. The predicted molar refractivity (Wildman–Crippen MR) is 145 cm³/mol. The van der Waals surface area contributed by atoms with Crippen molar-refractivity contribution >= 4 is 21.8 Å². The van der Waals surface area contributed by atoms with Crippen LogP contribution < -0.4 is 5.32 Å². The smallest absolute Gasteiger partial charge is 0.322 e. The summed E-state index contributed by atoms with van der Waals surface area (Å²) in [4.78, 5) is 19.4. The van der Waals surface area contributed by atoms with E-state index in [9.17, 15) is 13.2 Å². The van der Waals surface area contributed by atoms with Crippen LogP contribution in [0.4, 0.5) is 5.82 Å². The molecule has 0 aliphatic rings. The quantitative estimate of drug-likeness (QED) is 0.295. The number of carbonyl (C=O) groups is 1. The summed E-state index contributed by atoms with van der Waals surface area (Å²) in [7, 11) is -3.96. The van der Waals surface area contributed by atoms with Crippen molar-refractivity contribution in [3.63, 3.8) is 0 Å². The van der Waals surface area contributed by atoms with Crippen molar-refractivity contribution < 1.29 is 18.3 Å². The fourth-order valence-electron chi connectivity index (χ4n) is 3.80. The molecule has 0 bridgehead atoms. The Morgan fingerprint density at radius 1 is 0.947 bits per heavy atom. The van der Waals surface area contributed by atoms with Crippen LogP contribution in [-0.2, 0) is 27.9 Å². The Kier molecular flexibility index (Phi) is 8.48. The maximum atomic E-state index is 13.6. The van der Waals surface area contributed by atoms with Gasteiger partial charge in [0.1, 0.15) is 12.4 Å². The van der Waals surface area contributed by atoms with Crippen molar-refractivity contribution in [2.24, 2.45) is 0 Å². The lowest BCUT2D eigenvalue weighted by molar-refractivity contribution is -0.134. The SMILES string of the molecule is CC#Cc1cccc(-c2ccc(CN(Cc3cccc(NCC(=O)O)n3)S(=O)(=O)c3ccccn3)cc2)c1. The van der Waals surface area contributed by atoms with Crippen LogP contribution >= 0.6 is 0 Å². The van der Waals surface area contributed by atoms with Crippen LogP contribution in [0.5, 0.6) is 0 Å². The van der Waals surface area contributed by atoms with E-state index in [4.69, 9.17) is 5.11 Å². The van der Waals surface area contributed by atoms with E-state index in [-0.39, 0.29) is 24.7 Å². The molecule has 38 heavy (non-hydrogen) atoms. The number of sulfonamides is 1. The second-order valence-electron chi connectivity index (χ2n) is 8.36. The van der Waals surface area contributed by atoms with Crippen molar-refractivity contribution in [2.75, 3.05) is 11.9 Å². The number of nitrogens with one attached hydrogen (secondary N) is 1. The second-order valence-corrected chi connectivity index (χ2v) is 10.2. The molecule has 0 fully saturated rings. The van der Waals surface area contributed by atoms with Gasteiger partial charge in [-0.15, -0.1) is 5.92 Å². The van der Waals surface area contributed by atoms with Crippen LogP contribution in [0.15, 0.2) is 96.2 Å². The van der Waals surface area contributed by atoms with Crippen LogP contribution in [-0.4, -0.2) is 40.3 Å². The first kappa shape index (κ1) is 26.5. The minimum Gasteiger partial charge on any atom is -0.480 e. The monoisotopic (exact) mass is 526 g/mol. The minimum atomic E-state index is -3.96. The largest absolute Gasteiger partial charge is 0.480 e. The molecule has 2 aromatic heterocycles. The van der Waals surface area contributed by atoms with Gasteiger partial charge in [-0.1, -0.05) is 54.5 Å². The van der Waals surface area contributed by atoms with Gasteiger partial charge in [0.05, 0.1) is 12.2 Å². The first-order chi connectivity index (χ1) is 18.3. The number of hydrogen-bond acceptors (Lipinski definition) is 6. The zero-order valence-corrected chi connectivity index (χ0v) is 21.5. The van der Waals surface area contributed by atoms with Crippen LogP contribution in [0.1, 0.15) is 23.7 Å². The average molecular weight is 527 g/mol. The van der Waals surface area contributed by atoms with Crippen molar-refractivity contribution in [3.05, 3.63) is 108 Å². The summed E-state index contributed by atoms with van der Waals surface area (Å²) in [6, 6.07) is 25.4. The van der Waals surface area contributed by atoms with Gasteiger partial charge in [-0.3, -0.25) is 4.79 Å². The Bertz CT molecular complexity index is 1580. The van der Waals surface area contributed by atoms with Crippen LogP contribution in [0, 0.1) is 11.8 Å². The Morgan fingerprint density at radius 2 is 1.74 bits per heavy atom. The third-order valence-corrected chi connectivity index (χ3v) is 7.29. The van der Waals surface area contributed by atoms with Gasteiger partial charge < -0.3 is 10.4 Å². The molecule has 2 aromatic carbocycles. The third-order valence-electron chi connectivity index (χ3n) is 5.59. The van der Waals surface area contributed by atoms with Crippen molar-refractivity contribution in [1.82, 2.24) is 14.3 Å². The maximum Gasteiger partial charge on any atom is 0.322 e. The zero-order valence-electron chi connectivity index (χ0n) is 20.7. The standard InChI is InChI=1S/C29H26N4O4S/c1-2-7-22-8-5-9-25(18-22)24-15-13-23(14-16-24)20-33(38(36,37)28-12-3-4-17-30-28)21-26-10-6-11-27(32-26)31-19-29(34)35/h3-6,8-18H,19-21H2,1H3,(H,31,32)(H,34,35). The molecular weight excluding hydrogens is 500 g/mol. The number of aromatic nitrogens is 2. The van der Waals surface area contributed by atoms with Crippen molar-refractivity contribution in [3.8, 4) is 23.0 Å². The van der Waals surface area contributed by atoms with Gasteiger partial charge in [0, 0.05) is 18.3 Å². The lowest BCUT2D eigenvalue weighted by Crippen LogP contribution is -2.31. The fraction of sp³-hybridized carbons (Fsp3) is 0.138. The maximum absolute atomic E-state index is 13.6. The summed E-state index contributed by atoms with van der Waals surface area (Å²) in [5.74, 6) is 5.29. The van der Waals surface area contributed by atoms with E-state index in [1.807, 2.05) is 48.5 Å². The summed E-state index contributed by atoms with van der Waals surface area (Å²) < 4.78 is 28.4. The van der Waals surface area contributed by atoms with Crippen LogP contribution in [0.3, 0.4) is 0 Å². The highest BCUT2D eigenvalue weighted by Gasteiger charge is 2.26. The van der Waals surface area contributed by atoms with Gasteiger partial charge in [0.15, 0.2) is 5.03 Å². The summed E-state index contributed by atoms with van der Waals surface area (Å²) >= 11 is 0. The van der Waals surface area contributed by atoms with Gasteiger partial charge in [-0.05, 0) is 60.0 Å². The summed E-state index contributed by atoms with van der Waals surface area (Å²) in [5.41, 5.74) is 4.19. The average Bonchev–Trinajstić information content (AvgIpc) is 2.93. The number of benzene rings is 2. The molecule has 8 nitrogen and oxygen atoms in total. The molecule has 4 rings (SSSR count). The number of hydrogen-bond donors (Lipinski definition) is 2. The molecule has 4 aromatic rings. The van der Waals surface area contributed by atoms with E-state index in [1.54, 1.807) is 37.3 Å². The molecule has 0 unspecified atom stereocenters. The van der Waals surface area contributed by atoms with E-state index < -0.39 is 16.0 Å². The molecule has 9 heteroatoms. The highest BCUT2D eigenvalue weighted by molar-refractivity contribution is 7.89. The van der Waals surface area contributed by atoms with E-state index in [2.05, 4.69) is 27.1 Å². The molecule has 0 atom stereocenters. The number of anilines is 1. The molecule has 0 amide bonds. The number of nitrogens with zero attached hydrogens (tertiary/aromatic N) is 3. The molecule has 2 heterocycles. The van der Waals surface area contributed by atoms with Gasteiger partial charge in [0.2, 0.25) is 0 Å². The molecule has 0 saturated carbocycles. The first-order valence-corrected chi connectivity index (χ1v) is 13.2. The van der Waals surface area contributed by atoms with E-state index in [0.717, 1.165) is 22.3 Å². The lowest BCUT2D eigenvalue weighted by Gasteiger charge is -2.22. The van der Waals surface area contributed by atoms with Crippen molar-refractivity contribution in [1.29, 1.82) is 0 Å². The molecule has 0 spiro atoms. The topological polar surface area (TPSA) is 112 Å². The zero-order chi connectivity index (χ0) is 27.0. The predicted octanol–water partition coefficient (Wildman–Crippen LogP) is 4.40. The summed E-state index contributed by atoms with van der Waals surface area (Å²) in [6.45, 7) is 1.56. The summed E-state index contributed by atoms with van der Waals surface area (Å²) in [5, 5.41) is 11.6. The number of carboxylic acid groups (broad SMARTS) is 1. The Morgan fingerprint density at radius 3 is 2.45 bits per heavy atom. The van der Waals surface area contributed by atoms with Gasteiger partial charge in [-0.2, -0.15) is 4.31 Å². The molecule has 0 saturated heterocycles. The highest BCUT2D eigenvalue weighted by Crippen LogP contribution is 2.24. The molecular formula is C29H26N4O4S. The Hall–Kier alpha value is -4.52. The number of aliphatic carboxylic acids is 1. The second kappa shape index (κ2) is 12.1. The normalized spacial score (nSPS) is 11.0. The molecule has 0 radical (unpaired) electrons. The Labute approximate surface area is 222 Å². The molecule has 192 valence electrons. The highest BCUT2D eigenvalue weighted by atomic mass is 32.2. The Balaban J connectivity index is 1.61. The molecule has 0 aliphatic carbocycles. The number of pyridine rings is 2. The third kappa shape index (κ3) is 6.82. The summed E-state index contributed by atoms with van der Waals surface area (Å²) in [6.07, 6.45) is 1.44. The molecule has 0 aliphatic heterocycles. The van der Waals surface area contributed by atoms with E-state index in [1.165, 1.54) is 16.6 Å². The van der Waals surface area contributed by atoms with Gasteiger partial charge >= 0.3 is 5.97 Å². The first-order valence-electron chi connectivity index (χ1n) is 11.8. The lowest BCUT2D eigenvalue weighted by atomic mass is 10.0. The van der Waals surface area contributed by atoms with Crippen LogP contribution in [0.25, 0.3) is 11.1 Å². The van der Waals surface area contributed by atoms with E-state index >= 15 is 0 Å². The number of rotatable bonds is 10. The minimum absolute atomic E-state index is 0.0268. The van der Waals surface area contributed by atoms with Gasteiger partial charge in [0.25, 0.3) is 10.0 Å². The molecule has 2 N–H and O–H groups in total. The van der Waals surface area contributed by atoms with E-state index in [0.29, 0.717) is 11.5 Å². The van der Waals surface area contributed by atoms with Gasteiger partial charge in [-0.25, -0.2) is 18.4 Å². The van der Waals surface area contributed by atoms with Crippen molar-refractivity contribution in [2.45, 2.75) is 25.0 Å².